The number of aromatic nitrogens is 3. The smallest absolute Gasteiger partial charge is 0.123 e. The molecule has 1 aromatic carbocycles. The first-order valence-corrected chi connectivity index (χ1v) is 5.60. The Morgan fingerprint density at radius 1 is 1.41 bits per heavy atom. The predicted molar refractivity (Wildman–Crippen MR) is 62.8 cm³/mol. The highest BCUT2D eigenvalue weighted by Crippen LogP contribution is 2.10. The lowest BCUT2D eigenvalue weighted by Gasteiger charge is -2.05. The van der Waals surface area contributed by atoms with Crippen LogP contribution in [0.3, 0.4) is 0 Å². The van der Waals surface area contributed by atoms with Gasteiger partial charge in [-0.05, 0) is 24.1 Å². The molecule has 4 nitrogen and oxygen atoms in total. The van der Waals surface area contributed by atoms with E-state index in [0.29, 0.717) is 13.1 Å². The molecule has 0 saturated heterocycles. The van der Waals surface area contributed by atoms with Crippen molar-refractivity contribution in [3.8, 4) is 0 Å². The van der Waals surface area contributed by atoms with Crippen LogP contribution in [0.2, 0.25) is 0 Å². The average Bonchev–Trinajstić information content (AvgIpc) is 2.71. The van der Waals surface area contributed by atoms with E-state index in [-0.39, 0.29) is 5.82 Å². The van der Waals surface area contributed by atoms with E-state index in [1.54, 1.807) is 10.7 Å². The molecule has 0 spiro atoms. The molecule has 0 aliphatic heterocycles. The van der Waals surface area contributed by atoms with Crippen molar-refractivity contribution in [2.45, 2.75) is 26.4 Å². The van der Waals surface area contributed by atoms with Crippen molar-refractivity contribution in [3.63, 3.8) is 0 Å². The molecule has 2 rings (SSSR count). The highest BCUT2D eigenvalue weighted by Gasteiger charge is 2.09. The first-order chi connectivity index (χ1) is 8.24. The van der Waals surface area contributed by atoms with Crippen LogP contribution in [0.25, 0.3) is 0 Å². The van der Waals surface area contributed by atoms with E-state index in [0.717, 1.165) is 23.4 Å². The largest absolute Gasteiger partial charge is 0.325 e. The third kappa shape index (κ3) is 2.50. The van der Waals surface area contributed by atoms with Gasteiger partial charge in [-0.1, -0.05) is 24.3 Å². The van der Waals surface area contributed by atoms with E-state index in [2.05, 4.69) is 10.3 Å². The van der Waals surface area contributed by atoms with Crippen LogP contribution in [0.15, 0.2) is 24.3 Å². The third-order valence-corrected chi connectivity index (χ3v) is 2.67. The predicted octanol–water partition coefficient (Wildman–Crippen LogP) is 1.49. The van der Waals surface area contributed by atoms with Gasteiger partial charge in [-0.25, -0.2) is 9.07 Å². The van der Waals surface area contributed by atoms with Gasteiger partial charge in [0.05, 0.1) is 17.9 Å². The summed E-state index contributed by atoms with van der Waals surface area (Å²) in [6, 6.07) is 6.49. The van der Waals surface area contributed by atoms with Crippen LogP contribution in [0.5, 0.6) is 0 Å². The summed E-state index contributed by atoms with van der Waals surface area (Å²) in [7, 11) is 0. The van der Waals surface area contributed by atoms with Crippen molar-refractivity contribution in [2.75, 3.05) is 0 Å². The fraction of sp³-hybridized carbons (Fsp3) is 0.333. The number of rotatable bonds is 4. The molecule has 0 atom stereocenters. The topological polar surface area (TPSA) is 56.7 Å². The molecule has 0 unspecified atom stereocenters. The second kappa shape index (κ2) is 5.05. The summed E-state index contributed by atoms with van der Waals surface area (Å²) >= 11 is 0. The Morgan fingerprint density at radius 3 is 2.88 bits per heavy atom. The summed E-state index contributed by atoms with van der Waals surface area (Å²) in [6.07, 6.45) is 0.814. The number of nitrogens with two attached hydrogens (primary N) is 1. The number of halogens is 1. The summed E-state index contributed by atoms with van der Waals surface area (Å²) in [5.74, 6) is -0.236. The van der Waals surface area contributed by atoms with Crippen molar-refractivity contribution in [2.24, 2.45) is 5.73 Å². The van der Waals surface area contributed by atoms with E-state index in [9.17, 15) is 4.39 Å². The highest BCUT2D eigenvalue weighted by molar-refractivity contribution is 5.18. The number of hydrogen-bond acceptors (Lipinski definition) is 3. The molecular weight excluding hydrogens is 219 g/mol. The van der Waals surface area contributed by atoms with Crippen LogP contribution in [0.4, 0.5) is 4.39 Å². The maximum Gasteiger partial charge on any atom is 0.123 e. The zero-order valence-electron chi connectivity index (χ0n) is 9.73. The van der Waals surface area contributed by atoms with E-state index in [4.69, 9.17) is 5.73 Å². The lowest BCUT2D eigenvalue weighted by Crippen LogP contribution is -2.08. The molecule has 0 fully saturated rings. The summed E-state index contributed by atoms with van der Waals surface area (Å²) in [5.41, 5.74) is 8.27. The lowest BCUT2D eigenvalue weighted by atomic mass is 10.2. The SMILES string of the molecule is CCc1c(CN)nnn1Cc1cccc(F)c1. The monoisotopic (exact) mass is 234 g/mol. The highest BCUT2D eigenvalue weighted by atomic mass is 19.1. The molecule has 1 heterocycles. The minimum absolute atomic E-state index is 0.236. The minimum Gasteiger partial charge on any atom is -0.325 e. The molecule has 1 aromatic heterocycles. The van der Waals surface area contributed by atoms with Crippen LogP contribution in [0.1, 0.15) is 23.9 Å². The summed E-state index contributed by atoms with van der Waals surface area (Å²) in [4.78, 5) is 0. The van der Waals surface area contributed by atoms with Crippen LogP contribution < -0.4 is 5.73 Å². The zero-order valence-corrected chi connectivity index (χ0v) is 9.73. The molecule has 0 amide bonds. The Balaban J connectivity index is 2.27. The first kappa shape index (κ1) is 11.7. The summed E-state index contributed by atoms with van der Waals surface area (Å²) in [6.45, 7) is 2.93. The normalized spacial score (nSPS) is 10.8. The van der Waals surface area contributed by atoms with E-state index >= 15 is 0 Å². The van der Waals surface area contributed by atoms with Gasteiger partial charge in [0.25, 0.3) is 0 Å². The third-order valence-electron chi connectivity index (χ3n) is 2.67. The Bertz CT molecular complexity index is 507. The van der Waals surface area contributed by atoms with Gasteiger partial charge in [0, 0.05) is 6.54 Å². The van der Waals surface area contributed by atoms with Crippen LogP contribution >= 0.6 is 0 Å². The van der Waals surface area contributed by atoms with Crippen molar-refractivity contribution >= 4 is 0 Å². The Labute approximate surface area is 99.2 Å². The van der Waals surface area contributed by atoms with Crippen molar-refractivity contribution in [1.29, 1.82) is 0 Å². The van der Waals surface area contributed by atoms with Gasteiger partial charge in [-0.15, -0.1) is 5.10 Å². The molecule has 2 aromatic rings. The lowest BCUT2D eigenvalue weighted by molar-refractivity contribution is 0.604. The van der Waals surface area contributed by atoms with E-state index in [1.807, 2.05) is 13.0 Å². The van der Waals surface area contributed by atoms with Gasteiger partial charge < -0.3 is 5.73 Å². The maximum atomic E-state index is 13.1. The van der Waals surface area contributed by atoms with Gasteiger partial charge in [0.1, 0.15) is 5.82 Å². The molecule has 0 radical (unpaired) electrons. The molecule has 0 aliphatic carbocycles. The first-order valence-electron chi connectivity index (χ1n) is 5.60. The average molecular weight is 234 g/mol. The molecular formula is C12H15FN4. The van der Waals surface area contributed by atoms with Crippen molar-refractivity contribution < 1.29 is 4.39 Å². The van der Waals surface area contributed by atoms with E-state index in [1.165, 1.54) is 12.1 Å². The summed E-state index contributed by atoms with van der Waals surface area (Å²) in [5, 5.41) is 8.07. The summed E-state index contributed by atoms with van der Waals surface area (Å²) < 4.78 is 14.8. The second-order valence-corrected chi connectivity index (χ2v) is 3.83. The molecule has 0 saturated carbocycles. The molecule has 2 N–H and O–H groups in total. The Morgan fingerprint density at radius 2 is 2.24 bits per heavy atom. The second-order valence-electron chi connectivity index (χ2n) is 3.83. The fourth-order valence-corrected chi connectivity index (χ4v) is 1.85. The fourth-order valence-electron chi connectivity index (χ4n) is 1.85. The maximum absolute atomic E-state index is 13.1. The van der Waals surface area contributed by atoms with Gasteiger partial charge >= 0.3 is 0 Å². The molecule has 17 heavy (non-hydrogen) atoms. The van der Waals surface area contributed by atoms with Crippen LogP contribution in [0, 0.1) is 5.82 Å². The number of nitrogens with zero attached hydrogens (tertiary/aromatic N) is 3. The van der Waals surface area contributed by atoms with Crippen molar-refractivity contribution in [3.05, 3.63) is 47.0 Å². The van der Waals surface area contributed by atoms with Crippen LogP contribution in [-0.2, 0) is 19.5 Å². The van der Waals surface area contributed by atoms with Gasteiger partial charge in [0.15, 0.2) is 0 Å². The van der Waals surface area contributed by atoms with Crippen LogP contribution in [-0.4, -0.2) is 15.0 Å². The Kier molecular flexibility index (Phi) is 3.49. The van der Waals surface area contributed by atoms with Gasteiger partial charge in [0.2, 0.25) is 0 Å². The quantitative estimate of drug-likeness (QED) is 0.871. The minimum atomic E-state index is -0.236. The standard InChI is InChI=1S/C12H15FN4/c1-2-12-11(7-14)15-16-17(12)8-9-4-3-5-10(13)6-9/h3-6H,2,7-8,14H2,1H3. The van der Waals surface area contributed by atoms with E-state index < -0.39 is 0 Å². The number of benzene rings is 1. The number of hydrogen-bond donors (Lipinski definition) is 1. The molecule has 5 heteroatoms. The zero-order chi connectivity index (χ0) is 12.3. The molecule has 0 aliphatic rings. The molecule has 90 valence electrons. The Hall–Kier alpha value is -1.75. The van der Waals surface area contributed by atoms with Gasteiger partial charge in [-0.2, -0.15) is 0 Å². The van der Waals surface area contributed by atoms with Crippen molar-refractivity contribution in [1.82, 2.24) is 15.0 Å². The molecule has 0 bridgehead atoms. The van der Waals surface area contributed by atoms with Gasteiger partial charge in [-0.3, -0.25) is 0 Å².